The zero-order valence-corrected chi connectivity index (χ0v) is 11.7. The number of ether oxygens (including phenoxy) is 1. The molecule has 1 heterocycles. The predicted molar refractivity (Wildman–Crippen MR) is 76.6 cm³/mol. The minimum atomic E-state index is -0.643. The van der Waals surface area contributed by atoms with E-state index >= 15 is 0 Å². The van der Waals surface area contributed by atoms with Crippen LogP contribution in [0.15, 0.2) is 36.5 Å². The number of aromatic nitrogens is 1. The third-order valence-corrected chi connectivity index (χ3v) is 3.11. The zero-order chi connectivity index (χ0) is 15.4. The number of aryl methyl sites for hydroxylation is 2. The number of nitrogens with zero attached hydrogens (tertiary/aromatic N) is 2. The Labute approximate surface area is 121 Å². The summed E-state index contributed by atoms with van der Waals surface area (Å²) in [7, 11) is 0. The fraction of sp³-hybridized carbons (Fsp3) is 0.200. The highest BCUT2D eigenvalue weighted by Gasteiger charge is 2.17. The molecule has 2 rings (SSSR count). The highest BCUT2D eigenvalue weighted by atomic mass is 16.6. The fourth-order valence-corrected chi connectivity index (χ4v) is 1.77. The first-order valence-corrected chi connectivity index (χ1v) is 6.31. The van der Waals surface area contributed by atoms with Gasteiger partial charge in [-0.3, -0.25) is 4.79 Å². The molecule has 0 radical (unpaired) electrons. The third-order valence-electron chi connectivity index (χ3n) is 3.11. The number of carbonyl (C=O) groups is 1. The van der Waals surface area contributed by atoms with E-state index in [1.807, 2.05) is 19.9 Å². The first kappa shape index (κ1) is 14.6. The lowest BCUT2D eigenvalue weighted by Gasteiger charge is -2.07. The van der Waals surface area contributed by atoms with Crippen molar-refractivity contribution < 1.29 is 14.5 Å². The Hall–Kier alpha value is -2.76. The van der Waals surface area contributed by atoms with Gasteiger partial charge < -0.3 is 14.9 Å². The second-order valence-electron chi connectivity index (χ2n) is 4.59. The van der Waals surface area contributed by atoms with E-state index in [2.05, 4.69) is 4.98 Å². The molecule has 21 heavy (non-hydrogen) atoms. The van der Waals surface area contributed by atoms with E-state index in [0.29, 0.717) is 5.56 Å². The molecule has 2 aromatic rings. The number of pyridine rings is 1. The Morgan fingerprint density at radius 1 is 1.29 bits per heavy atom. The average molecular weight is 286 g/mol. The number of carbonyl (C=O) groups excluding carboxylic acids is 1. The number of rotatable bonds is 5. The lowest BCUT2D eigenvalue weighted by Crippen LogP contribution is -2.13. The van der Waals surface area contributed by atoms with E-state index < -0.39 is 10.7 Å². The summed E-state index contributed by atoms with van der Waals surface area (Å²) in [5, 5.41) is 10.8. The van der Waals surface area contributed by atoms with Gasteiger partial charge in [-0.15, -0.1) is 0 Å². The topological polar surface area (TPSA) is 82.3 Å². The van der Waals surface area contributed by atoms with Crippen LogP contribution in [-0.2, 0) is 0 Å². The van der Waals surface area contributed by atoms with Gasteiger partial charge in [0, 0.05) is 5.56 Å². The lowest BCUT2D eigenvalue weighted by molar-refractivity contribution is -0.390. The van der Waals surface area contributed by atoms with Gasteiger partial charge in [0.25, 0.3) is 0 Å². The van der Waals surface area contributed by atoms with Crippen molar-refractivity contribution in [2.24, 2.45) is 0 Å². The SMILES string of the molecule is Cc1ccc(C(=O)COc2cccnc2[N+](=O)[O-])cc1C. The van der Waals surface area contributed by atoms with Gasteiger partial charge in [-0.25, -0.2) is 0 Å². The largest absolute Gasteiger partial charge is 0.477 e. The summed E-state index contributed by atoms with van der Waals surface area (Å²) in [5.74, 6) is -0.652. The third kappa shape index (κ3) is 3.42. The molecule has 6 nitrogen and oxygen atoms in total. The Kier molecular flexibility index (Phi) is 4.27. The molecular formula is C15H14N2O4. The Balaban J connectivity index is 2.11. The van der Waals surface area contributed by atoms with Gasteiger partial charge in [0.2, 0.25) is 5.75 Å². The molecule has 1 aromatic heterocycles. The van der Waals surface area contributed by atoms with Crippen LogP contribution in [-0.4, -0.2) is 22.3 Å². The molecule has 108 valence electrons. The molecule has 0 saturated heterocycles. The lowest BCUT2D eigenvalue weighted by atomic mass is 10.0. The molecule has 0 unspecified atom stereocenters. The Morgan fingerprint density at radius 3 is 2.71 bits per heavy atom. The van der Waals surface area contributed by atoms with E-state index in [1.165, 1.54) is 18.3 Å². The maximum atomic E-state index is 12.0. The van der Waals surface area contributed by atoms with Gasteiger partial charge >= 0.3 is 5.82 Å². The number of ketones is 1. The summed E-state index contributed by atoms with van der Waals surface area (Å²) in [6.07, 6.45) is 1.30. The van der Waals surface area contributed by atoms with E-state index in [1.54, 1.807) is 12.1 Å². The van der Waals surface area contributed by atoms with E-state index in [9.17, 15) is 14.9 Å². The summed E-state index contributed by atoms with van der Waals surface area (Å²) in [6.45, 7) is 3.60. The molecule has 0 spiro atoms. The van der Waals surface area contributed by atoms with Gasteiger partial charge in [0.05, 0.1) is 0 Å². The molecule has 1 aromatic carbocycles. The average Bonchev–Trinajstić information content (AvgIpc) is 2.47. The molecule has 6 heteroatoms. The maximum absolute atomic E-state index is 12.0. The van der Waals surface area contributed by atoms with Crippen molar-refractivity contribution in [1.29, 1.82) is 0 Å². The predicted octanol–water partition coefficient (Wildman–Crippen LogP) is 2.87. The summed E-state index contributed by atoms with van der Waals surface area (Å²) >= 11 is 0. The van der Waals surface area contributed by atoms with Crippen molar-refractivity contribution in [3.63, 3.8) is 0 Å². The molecule has 0 aliphatic heterocycles. The van der Waals surface area contributed by atoms with Crippen molar-refractivity contribution >= 4 is 11.6 Å². The molecule has 0 aliphatic rings. The van der Waals surface area contributed by atoms with Crippen LogP contribution < -0.4 is 4.74 Å². The second kappa shape index (κ2) is 6.13. The van der Waals surface area contributed by atoms with Crippen LogP contribution in [0.3, 0.4) is 0 Å². The van der Waals surface area contributed by atoms with Crippen molar-refractivity contribution in [2.75, 3.05) is 6.61 Å². The fourth-order valence-electron chi connectivity index (χ4n) is 1.77. The Morgan fingerprint density at radius 2 is 2.05 bits per heavy atom. The van der Waals surface area contributed by atoms with E-state index in [-0.39, 0.29) is 18.1 Å². The summed E-state index contributed by atoms with van der Waals surface area (Å²) in [5.41, 5.74) is 2.62. The molecule has 0 atom stereocenters. The molecule has 0 aliphatic carbocycles. The molecule has 0 amide bonds. The van der Waals surface area contributed by atoms with Crippen molar-refractivity contribution in [3.8, 4) is 5.75 Å². The van der Waals surface area contributed by atoms with Gasteiger partial charge in [-0.2, -0.15) is 0 Å². The molecule has 0 fully saturated rings. The number of benzene rings is 1. The normalized spacial score (nSPS) is 10.2. The van der Waals surface area contributed by atoms with Crippen LogP contribution in [0.2, 0.25) is 0 Å². The highest BCUT2D eigenvalue weighted by molar-refractivity contribution is 5.97. The smallest absolute Gasteiger partial charge is 0.406 e. The quantitative estimate of drug-likeness (QED) is 0.479. The van der Waals surface area contributed by atoms with Gasteiger partial charge in [0.1, 0.15) is 6.20 Å². The Bertz CT molecular complexity index is 698. The van der Waals surface area contributed by atoms with Crippen LogP contribution >= 0.6 is 0 Å². The van der Waals surface area contributed by atoms with Crippen LogP contribution in [0.5, 0.6) is 5.75 Å². The molecular weight excluding hydrogens is 272 g/mol. The van der Waals surface area contributed by atoms with Crippen LogP contribution in [0.1, 0.15) is 21.5 Å². The number of hydrogen-bond donors (Lipinski definition) is 0. The minimum absolute atomic E-state index is 0.0142. The van der Waals surface area contributed by atoms with Gasteiger partial charge in [0.15, 0.2) is 12.4 Å². The first-order valence-electron chi connectivity index (χ1n) is 6.31. The van der Waals surface area contributed by atoms with Crippen molar-refractivity contribution in [2.45, 2.75) is 13.8 Å². The van der Waals surface area contributed by atoms with Crippen LogP contribution in [0, 0.1) is 24.0 Å². The minimum Gasteiger partial charge on any atom is -0.477 e. The van der Waals surface area contributed by atoms with Gasteiger partial charge in [-0.1, -0.05) is 12.1 Å². The summed E-state index contributed by atoms with van der Waals surface area (Å²) in [4.78, 5) is 25.8. The number of nitro groups is 1. The second-order valence-corrected chi connectivity index (χ2v) is 4.59. The summed E-state index contributed by atoms with van der Waals surface area (Å²) in [6, 6.07) is 8.28. The highest BCUT2D eigenvalue weighted by Crippen LogP contribution is 2.23. The zero-order valence-electron chi connectivity index (χ0n) is 11.7. The molecule has 0 N–H and O–H groups in total. The van der Waals surface area contributed by atoms with E-state index in [4.69, 9.17) is 4.74 Å². The first-order chi connectivity index (χ1) is 9.99. The standard InChI is InChI=1S/C15H14N2O4/c1-10-5-6-12(8-11(10)2)13(18)9-21-14-4-3-7-16-15(14)17(19)20/h3-8H,9H2,1-2H3. The maximum Gasteiger partial charge on any atom is 0.406 e. The van der Waals surface area contributed by atoms with Crippen molar-refractivity contribution in [1.82, 2.24) is 4.98 Å². The van der Waals surface area contributed by atoms with Crippen LogP contribution in [0.25, 0.3) is 0 Å². The molecule has 0 bridgehead atoms. The number of hydrogen-bond acceptors (Lipinski definition) is 5. The van der Waals surface area contributed by atoms with Crippen molar-refractivity contribution in [3.05, 3.63) is 63.3 Å². The number of Topliss-reactive ketones (excluding diaryl/α,β-unsaturated/α-hetero) is 1. The molecule has 0 saturated carbocycles. The van der Waals surface area contributed by atoms with E-state index in [0.717, 1.165) is 11.1 Å². The van der Waals surface area contributed by atoms with Crippen LogP contribution in [0.4, 0.5) is 5.82 Å². The monoisotopic (exact) mass is 286 g/mol. The summed E-state index contributed by atoms with van der Waals surface area (Å²) < 4.78 is 5.23. The van der Waals surface area contributed by atoms with Gasteiger partial charge in [-0.05, 0) is 53.1 Å².